The van der Waals surface area contributed by atoms with E-state index >= 15 is 0 Å². The molecule has 0 bridgehead atoms. The van der Waals surface area contributed by atoms with Crippen molar-refractivity contribution in [3.8, 4) is 5.75 Å². The van der Waals surface area contributed by atoms with Crippen LogP contribution in [-0.2, 0) is 6.42 Å². The van der Waals surface area contributed by atoms with Crippen LogP contribution >= 0.6 is 0 Å². The number of para-hydroxylation sites is 3. The summed E-state index contributed by atoms with van der Waals surface area (Å²) >= 11 is 0. The number of hydrogen-bond acceptors (Lipinski definition) is 6. The van der Waals surface area contributed by atoms with Gasteiger partial charge in [0, 0.05) is 38.1 Å². The molecule has 1 aromatic heterocycles. The number of piperazine rings is 1. The minimum atomic E-state index is 0.767. The Morgan fingerprint density at radius 2 is 1.66 bits per heavy atom. The molecule has 29 heavy (non-hydrogen) atoms. The van der Waals surface area contributed by atoms with Crippen LogP contribution in [0.4, 0.5) is 23.1 Å². The second-order valence-corrected chi connectivity index (χ2v) is 7.02. The number of hydrogen-bond donors (Lipinski definition) is 1. The Hall–Kier alpha value is -3.28. The number of anilines is 4. The summed E-state index contributed by atoms with van der Waals surface area (Å²) in [4.78, 5) is 13.9. The third-order valence-corrected chi connectivity index (χ3v) is 5.29. The fraction of sp³-hybridized carbons (Fsp3) is 0.304. The molecule has 0 spiro atoms. The normalized spacial score (nSPS) is 14.0. The molecule has 0 radical (unpaired) electrons. The Bertz CT molecular complexity index is 953. The highest BCUT2D eigenvalue weighted by atomic mass is 16.5. The summed E-state index contributed by atoms with van der Waals surface area (Å²) in [6.45, 7) is 5.70. The first-order valence-corrected chi connectivity index (χ1v) is 10.1. The Morgan fingerprint density at radius 1 is 0.931 bits per heavy atom. The van der Waals surface area contributed by atoms with Crippen molar-refractivity contribution in [3.63, 3.8) is 0 Å². The summed E-state index contributed by atoms with van der Waals surface area (Å²) in [6, 6.07) is 18.4. The van der Waals surface area contributed by atoms with Crippen LogP contribution in [0.5, 0.6) is 5.75 Å². The lowest BCUT2D eigenvalue weighted by molar-refractivity contribution is 0.413. The molecule has 2 aromatic carbocycles. The van der Waals surface area contributed by atoms with Crippen LogP contribution in [0.3, 0.4) is 0 Å². The number of benzene rings is 2. The molecule has 0 unspecified atom stereocenters. The Kier molecular flexibility index (Phi) is 5.79. The van der Waals surface area contributed by atoms with Crippen molar-refractivity contribution in [3.05, 3.63) is 66.4 Å². The fourth-order valence-corrected chi connectivity index (χ4v) is 3.70. The molecule has 6 heteroatoms. The van der Waals surface area contributed by atoms with Crippen molar-refractivity contribution < 1.29 is 4.74 Å². The first-order valence-electron chi connectivity index (χ1n) is 10.1. The van der Waals surface area contributed by atoms with E-state index in [9.17, 15) is 0 Å². The maximum Gasteiger partial charge on any atom is 0.227 e. The molecule has 3 aromatic rings. The third kappa shape index (κ3) is 4.26. The fourth-order valence-electron chi connectivity index (χ4n) is 3.70. The average Bonchev–Trinajstić information content (AvgIpc) is 2.80. The van der Waals surface area contributed by atoms with Crippen molar-refractivity contribution in [2.45, 2.75) is 13.3 Å². The van der Waals surface area contributed by atoms with Gasteiger partial charge in [-0.2, -0.15) is 4.98 Å². The van der Waals surface area contributed by atoms with E-state index in [-0.39, 0.29) is 0 Å². The number of ether oxygens (including phenoxy) is 1. The predicted octanol–water partition coefficient (Wildman–Crippen LogP) is 4.12. The van der Waals surface area contributed by atoms with E-state index in [4.69, 9.17) is 9.72 Å². The van der Waals surface area contributed by atoms with Crippen LogP contribution in [0, 0.1) is 0 Å². The summed E-state index contributed by atoms with van der Waals surface area (Å²) in [7, 11) is 1.72. The van der Waals surface area contributed by atoms with Gasteiger partial charge >= 0.3 is 0 Å². The molecule has 1 aliphatic rings. The van der Waals surface area contributed by atoms with Crippen molar-refractivity contribution in [2.75, 3.05) is 48.4 Å². The molecular weight excluding hydrogens is 362 g/mol. The van der Waals surface area contributed by atoms with Gasteiger partial charge in [-0.05, 0) is 36.2 Å². The van der Waals surface area contributed by atoms with Crippen LogP contribution in [0.25, 0.3) is 0 Å². The topological polar surface area (TPSA) is 53.5 Å². The van der Waals surface area contributed by atoms with Crippen molar-refractivity contribution in [1.82, 2.24) is 9.97 Å². The number of aromatic nitrogens is 2. The van der Waals surface area contributed by atoms with Crippen LogP contribution in [-0.4, -0.2) is 43.3 Å². The lowest BCUT2D eigenvalue weighted by atomic mass is 10.1. The maximum absolute atomic E-state index is 5.51. The first kappa shape index (κ1) is 19.1. The number of aryl methyl sites for hydroxylation is 1. The van der Waals surface area contributed by atoms with Gasteiger partial charge in [0.05, 0.1) is 12.8 Å². The highest BCUT2D eigenvalue weighted by Crippen LogP contribution is 2.29. The molecule has 0 amide bonds. The molecule has 6 nitrogen and oxygen atoms in total. The predicted molar refractivity (Wildman–Crippen MR) is 119 cm³/mol. The second-order valence-electron chi connectivity index (χ2n) is 7.02. The van der Waals surface area contributed by atoms with Gasteiger partial charge in [0.25, 0.3) is 0 Å². The maximum atomic E-state index is 5.51. The van der Waals surface area contributed by atoms with E-state index in [2.05, 4.69) is 57.4 Å². The molecule has 0 aliphatic carbocycles. The minimum Gasteiger partial charge on any atom is -0.495 e. The summed E-state index contributed by atoms with van der Waals surface area (Å²) in [6.07, 6.45) is 2.80. The van der Waals surface area contributed by atoms with Crippen molar-refractivity contribution in [1.29, 1.82) is 0 Å². The van der Waals surface area contributed by atoms with Gasteiger partial charge < -0.3 is 19.9 Å². The first-order chi connectivity index (χ1) is 14.3. The zero-order chi connectivity index (χ0) is 20.1. The summed E-state index contributed by atoms with van der Waals surface area (Å²) in [5.41, 5.74) is 3.51. The van der Waals surface area contributed by atoms with Gasteiger partial charge in [-0.3, -0.25) is 0 Å². The summed E-state index contributed by atoms with van der Waals surface area (Å²) in [5.74, 6) is 2.50. The van der Waals surface area contributed by atoms with Crippen molar-refractivity contribution >= 4 is 23.1 Å². The van der Waals surface area contributed by atoms with E-state index in [0.717, 1.165) is 61.5 Å². The molecule has 1 N–H and O–H groups in total. The molecule has 4 rings (SSSR count). The molecule has 1 fully saturated rings. The Balaban J connectivity index is 1.45. The SMILES string of the molecule is CCc1ccccc1Nc1ccnc(N2CCN(c3ccccc3OC)CC2)n1. The van der Waals surface area contributed by atoms with Crippen molar-refractivity contribution in [2.24, 2.45) is 0 Å². The minimum absolute atomic E-state index is 0.767. The van der Waals surface area contributed by atoms with Gasteiger partial charge in [0.1, 0.15) is 11.6 Å². The highest BCUT2D eigenvalue weighted by molar-refractivity contribution is 5.62. The average molecular weight is 390 g/mol. The molecule has 150 valence electrons. The molecular formula is C23H27N5O. The monoisotopic (exact) mass is 389 g/mol. The van der Waals surface area contributed by atoms with Crippen LogP contribution < -0.4 is 19.9 Å². The van der Waals surface area contributed by atoms with Crippen LogP contribution in [0.1, 0.15) is 12.5 Å². The van der Waals surface area contributed by atoms with Crippen LogP contribution in [0.2, 0.25) is 0 Å². The van der Waals surface area contributed by atoms with E-state index in [1.165, 1.54) is 5.56 Å². The lowest BCUT2D eigenvalue weighted by Gasteiger charge is -2.36. The number of methoxy groups -OCH3 is 1. The Morgan fingerprint density at radius 3 is 2.45 bits per heavy atom. The van der Waals surface area contributed by atoms with E-state index in [0.29, 0.717) is 0 Å². The van der Waals surface area contributed by atoms with Gasteiger partial charge in [0.15, 0.2) is 0 Å². The number of nitrogens with one attached hydrogen (secondary N) is 1. The number of nitrogens with zero attached hydrogens (tertiary/aromatic N) is 4. The van der Waals surface area contributed by atoms with Gasteiger partial charge in [0.2, 0.25) is 5.95 Å². The van der Waals surface area contributed by atoms with E-state index < -0.39 is 0 Å². The van der Waals surface area contributed by atoms with E-state index in [1.54, 1.807) is 7.11 Å². The van der Waals surface area contributed by atoms with Gasteiger partial charge in [-0.1, -0.05) is 37.3 Å². The zero-order valence-electron chi connectivity index (χ0n) is 17.0. The second kappa shape index (κ2) is 8.82. The molecule has 1 saturated heterocycles. The Labute approximate surface area is 172 Å². The molecule has 0 saturated carbocycles. The highest BCUT2D eigenvalue weighted by Gasteiger charge is 2.21. The molecule has 0 atom stereocenters. The molecule has 2 heterocycles. The molecule has 1 aliphatic heterocycles. The standard InChI is InChI=1S/C23H27N5O/c1-3-18-8-4-5-9-19(18)25-22-12-13-24-23(26-22)28-16-14-27(15-17-28)20-10-6-7-11-21(20)29-2/h4-13H,3,14-17H2,1-2H3,(H,24,25,26). The summed E-state index contributed by atoms with van der Waals surface area (Å²) in [5, 5.41) is 3.45. The van der Waals surface area contributed by atoms with Gasteiger partial charge in [-0.25, -0.2) is 4.98 Å². The van der Waals surface area contributed by atoms with Crippen LogP contribution in [0.15, 0.2) is 60.8 Å². The van der Waals surface area contributed by atoms with Gasteiger partial charge in [-0.15, -0.1) is 0 Å². The largest absolute Gasteiger partial charge is 0.495 e. The smallest absolute Gasteiger partial charge is 0.227 e. The third-order valence-electron chi connectivity index (χ3n) is 5.29. The lowest BCUT2D eigenvalue weighted by Crippen LogP contribution is -2.47. The van der Waals surface area contributed by atoms with E-state index in [1.807, 2.05) is 30.5 Å². The quantitative estimate of drug-likeness (QED) is 0.685. The zero-order valence-corrected chi connectivity index (χ0v) is 17.0. The number of rotatable bonds is 6. The summed E-state index contributed by atoms with van der Waals surface area (Å²) < 4.78 is 5.51.